The summed E-state index contributed by atoms with van der Waals surface area (Å²) in [4.78, 5) is 12.8. The first-order valence-electron chi connectivity index (χ1n) is 11.5. The van der Waals surface area contributed by atoms with Crippen LogP contribution in [0.4, 0.5) is 5.69 Å². The number of rotatable bonds is 11. The number of anilines is 1. The molecule has 7 nitrogen and oxygen atoms in total. The minimum Gasteiger partial charge on any atom is -0.495 e. The topological polar surface area (TPSA) is 84.9 Å². The van der Waals surface area contributed by atoms with Gasteiger partial charge >= 0.3 is 0 Å². The molecule has 180 valence electrons. The van der Waals surface area contributed by atoms with E-state index in [-0.39, 0.29) is 17.3 Å². The lowest BCUT2D eigenvalue weighted by atomic mass is 9.98. The zero-order chi connectivity index (χ0) is 23.7. The highest BCUT2D eigenvalue weighted by Crippen LogP contribution is 2.32. The van der Waals surface area contributed by atoms with Gasteiger partial charge in [0.05, 0.1) is 23.8 Å². The molecule has 3 rings (SSSR count). The molecule has 2 aromatic rings. The van der Waals surface area contributed by atoms with Crippen molar-refractivity contribution in [3.05, 3.63) is 54.1 Å². The predicted molar refractivity (Wildman–Crippen MR) is 129 cm³/mol. The van der Waals surface area contributed by atoms with Gasteiger partial charge in [0.1, 0.15) is 12.3 Å². The van der Waals surface area contributed by atoms with Crippen LogP contribution in [0.1, 0.15) is 44.1 Å². The number of nitrogens with one attached hydrogen (secondary N) is 1. The Morgan fingerprint density at radius 2 is 1.76 bits per heavy atom. The number of aryl methyl sites for hydroxylation is 1. The first-order valence-corrected chi connectivity index (χ1v) is 13.0. The molecule has 0 aliphatic heterocycles. The first kappa shape index (κ1) is 25.1. The molecule has 0 heterocycles. The van der Waals surface area contributed by atoms with E-state index in [2.05, 4.69) is 5.32 Å². The Bertz CT molecular complexity index is 1000. The van der Waals surface area contributed by atoms with Crippen LogP contribution in [0.3, 0.4) is 0 Å². The molecule has 1 fully saturated rings. The van der Waals surface area contributed by atoms with E-state index in [9.17, 15) is 13.2 Å². The van der Waals surface area contributed by atoms with E-state index in [4.69, 9.17) is 9.47 Å². The van der Waals surface area contributed by atoms with Crippen LogP contribution in [0.5, 0.6) is 5.75 Å². The molecule has 33 heavy (non-hydrogen) atoms. The molecule has 0 saturated heterocycles. The van der Waals surface area contributed by atoms with Crippen molar-refractivity contribution in [3.63, 3.8) is 0 Å². The third-order valence-electron chi connectivity index (χ3n) is 5.80. The number of methoxy groups -OCH3 is 1. The average molecular weight is 475 g/mol. The van der Waals surface area contributed by atoms with Gasteiger partial charge in [-0.15, -0.1) is 0 Å². The van der Waals surface area contributed by atoms with E-state index in [0.717, 1.165) is 22.7 Å². The highest BCUT2D eigenvalue weighted by Gasteiger charge is 2.29. The molecule has 1 aliphatic rings. The number of ether oxygens (including phenoxy) is 2. The lowest BCUT2D eigenvalue weighted by molar-refractivity contribution is -0.119. The maximum Gasteiger partial charge on any atom is 0.264 e. The van der Waals surface area contributed by atoms with Gasteiger partial charge < -0.3 is 14.8 Å². The van der Waals surface area contributed by atoms with Crippen molar-refractivity contribution in [3.8, 4) is 5.75 Å². The second-order valence-corrected chi connectivity index (χ2v) is 10.2. The fourth-order valence-electron chi connectivity index (χ4n) is 3.94. The Morgan fingerprint density at radius 1 is 1.06 bits per heavy atom. The summed E-state index contributed by atoms with van der Waals surface area (Å²) >= 11 is 0. The summed E-state index contributed by atoms with van der Waals surface area (Å²) in [6, 6.07) is 13.4. The van der Waals surface area contributed by atoms with Crippen molar-refractivity contribution in [2.24, 2.45) is 0 Å². The molecular weight excluding hydrogens is 440 g/mol. The number of benzene rings is 2. The second-order valence-electron chi connectivity index (χ2n) is 8.33. The zero-order valence-electron chi connectivity index (χ0n) is 19.5. The molecule has 1 N–H and O–H groups in total. The first-order chi connectivity index (χ1) is 15.9. The van der Waals surface area contributed by atoms with Gasteiger partial charge in [0.25, 0.3) is 10.0 Å². The van der Waals surface area contributed by atoms with Crippen LogP contribution >= 0.6 is 0 Å². The van der Waals surface area contributed by atoms with Gasteiger partial charge in [-0.05, 0) is 50.5 Å². The van der Waals surface area contributed by atoms with Crippen LogP contribution in [0, 0.1) is 6.92 Å². The number of hydrogen-bond acceptors (Lipinski definition) is 5. The molecule has 0 unspecified atom stereocenters. The number of carbonyl (C=O) groups is 1. The fraction of sp³-hybridized carbons (Fsp3) is 0.480. The average Bonchev–Trinajstić information content (AvgIpc) is 2.83. The predicted octanol–water partition coefficient (Wildman–Crippen LogP) is 4.05. The van der Waals surface area contributed by atoms with E-state index >= 15 is 0 Å². The van der Waals surface area contributed by atoms with E-state index in [1.165, 1.54) is 26.4 Å². The molecule has 0 atom stereocenters. The standard InChI is InChI=1S/C25H34N2O5S/c1-20-13-15-22(16-14-20)33(29,30)27(23-11-6-7-12-24(23)31-2)19-25(28)26-17-8-18-32-21-9-4-3-5-10-21/h6-7,11-16,21H,3-5,8-10,17-19H2,1-2H3,(H,26,28). The number of carbonyl (C=O) groups excluding carboxylic acids is 1. The molecule has 0 aromatic heterocycles. The summed E-state index contributed by atoms with van der Waals surface area (Å²) in [5.74, 6) is -0.00359. The van der Waals surface area contributed by atoms with Crippen molar-refractivity contribution in [1.82, 2.24) is 5.32 Å². The third kappa shape index (κ3) is 6.95. The van der Waals surface area contributed by atoms with E-state index in [1.807, 2.05) is 6.92 Å². The zero-order valence-corrected chi connectivity index (χ0v) is 20.3. The normalized spacial score (nSPS) is 14.6. The van der Waals surface area contributed by atoms with Crippen LogP contribution < -0.4 is 14.4 Å². The SMILES string of the molecule is COc1ccccc1N(CC(=O)NCCCOC1CCCCC1)S(=O)(=O)c1ccc(C)cc1. The molecule has 0 spiro atoms. The van der Waals surface area contributed by atoms with Crippen molar-refractivity contribution >= 4 is 21.6 Å². The molecular formula is C25H34N2O5S. The van der Waals surface area contributed by atoms with Gasteiger partial charge in [0, 0.05) is 13.2 Å². The number of hydrogen-bond donors (Lipinski definition) is 1. The molecule has 2 aromatic carbocycles. The number of sulfonamides is 1. The minimum absolute atomic E-state index is 0.118. The van der Waals surface area contributed by atoms with Crippen LogP contribution in [-0.2, 0) is 19.6 Å². The monoisotopic (exact) mass is 474 g/mol. The molecule has 1 amide bonds. The smallest absolute Gasteiger partial charge is 0.264 e. The Labute approximate surface area is 197 Å². The van der Waals surface area contributed by atoms with Gasteiger partial charge in [-0.3, -0.25) is 9.10 Å². The minimum atomic E-state index is -3.98. The van der Waals surface area contributed by atoms with Gasteiger partial charge in [-0.25, -0.2) is 8.42 Å². The lowest BCUT2D eigenvalue weighted by Crippen LogP contribution is -2.41. The quantitative estimate of drug-likeness (QED) is 0.497. The highest BCUT2D eigenvalue weighted by molar-refractivity contribution is 7.92. The molecule has 8 heteroatoms. The van der Waals surface area contributed by atoms with E-state index < -0.39 is 10.0 Å². The number of para-hydroxylation sites is 2. The van der Waals surface area contributed by atoms with E-state index in [1.54, 1.807) is 48.5 Å². The maximum absolute atomic E-state index is 13.5. The molecule has 1 saturated carbocycles. The maximum atomic E-state index is 13.5. The second kappa shape index (κ2) is 12.0. The third-order valence-corrected chi connectivity index (χ3v) is 7.57. The summed E-state index contributed by atoms with van der Waals surface area (Å²) < 4.78 is 39.3. The fourth-order valence-corrected chi connectivity index (χ4v) is 5.37. The van der Waals surface area contributed by atoms with Crippen LogP contribution in [0.2, 0.25) is 0 Å². The summed E-state index contributed by atoms with van der Waals surface area (Å²) in [7, 11) is -2.51. The number of nitrogens with zero attached hydrogens (tertiary/aromatic N) is 1. The highest BCUT2D eigenvalue weighted by atomic mass is 32.2. The van der Waals surface area contributed by atoms with Gasteiger partial charge in [-0.1, -0.05) is 49.1 Å². The van der Waals surface area contributed by atoms with Crippen LogP contribution in [-0.4, -0.2) is 47.2 Å². The Hall–Kier alpha value is -2.58. The van der Waals surface area contributed by atoms with E-state index in [0.29, 0.717) is 37.1 Å². The molecule has 0 radical (unpaired) electrons. The van der Waals surface area contributed by atoms with Gasteiger partial charge in [0.15, 0.2) is 0 Å². The molecule has 0 bridgehead atoms. The van der Waals surface area contributed by atoms with Crippen molar-refractivity contribution < 1.29 is 22.7 Å². The van der Waals surface area contributed by atoms with Crippen LogP contribution in [0.25, 0.3) is 0 Å². The summed E-state index contributed by atoms with van der Waals surface area (Å²) in [5.41, 5.74) is 1.27. The number of amides is 1. The van der Waals surface area contributed by atoms with Crippen molar-refractivity contribution in [2.75, 3.05) is 31.1 Å². The Morgan fingerprint density at radius 3 is 2.45 bits per heavy atom. The molecule has 1 aliphatic carbocycles. The van der Waals surface area contributed by atoms with Crippen molar-refractivity contribution in [2.45, 2.75) is 56.4 Å². The summed E-state index contributed by atoms with van der Waals surface area (Å²) in [5, 5.41) is 2.82. The van der Waals surface area contributed by atoms with Crippen molar-refractivity contribution in [1.29, 1.82) is 0 Å². The van der Waals surface area contributed by atoms with Gasteiger partial charge in [-0.2, -0.15) is 0 Å². The Kier molecular flexibility index (Phi) is 9.14. The van der Waals surface area contributed by atoms with Crippen LogP contribution in [0.15, 0.2) is 53.4 Å². The summed E-state index contributed by atoms with van der Waals surface area (Å²) in [6.07, 6.45) is 6.95. The summed E-state index contributed by atoms with van der Waals surface area (Å²) in [6.45, 7) is 2.55. The Balaban J connectivity index is 1.66. The van der Waals surface area contributed by atoms with Gasteiger partial charge in [0.2, 0.25) is 5.91 Å². The lowest BCUT2D eigenvalue weighted by Gasteiger charge is -2.25. The largest absolute Gasteiger partial charge is 0.495 e.